The number of carbonyl (C=O) groups excluding carboxylic acids is 1. The van der Waals surface area contributed by atoms with Gasteiger partial charge in [0.15, 0.2) is 5.78 Å². The lowest BCUT2D eigenvalue weighted by Crippen LogP contribution is -2.19. The van der Waals surface area contributed by atoms with Crippen molar-refractivity contribution in [1.82, 2.24) is 0 Å². The lowest BCUT2D eigenvalue weighted by molar-refractivity contribution is -0.127. The molecule has 0 aromatic carbocycles. The highest BCUT2D eigenvalue weighted by Crippen LogP contribution is 2.07. The topological polar surface area (TPSA) is 37.3 Å². The van der Waals surface area contributed by atoms with Crippen LogP contribution in [0.25, 0.3) is 0 Å². The summed E-state index contributed by atoms with van der Waals surface area (Å²) >= 11 is 0. The first kappa shape index (κ1) is 11.2. The SMILES string of the molecule is O=C1CC/C=C/CC/C=C/CCC1O. The van der Waals surface area contributed by atoms with E-state index in [1.165, 1.54) is 0 Å². The maximum Gasteiger partial charge on any atom is 0.161 e. The molecule has 14 heavy (non-hydrogen) atoms. The quantitative estimate of drug-likeness (QED) is 0.601. The standard InChI is InChI=1S/C12H18O2/c13-11-9-7-5-3-1-2-4-6-8-10-12(11)14/h3-6,11,13H,1-2,7-10H2/b5-3+,6-4+. The zero-order valence-electron chi connectivity index (χ0n) is 8.48. The number of Topliss-reactive ketones (excluding diaryl/α,β-unsaturated/α-hetero) is 1. The number of hydrogen-bond donors (Lipinski definition) is 1. The number of aliphatic hydroxyl groups is 1. The van der Waals surface area contributed by atoms with Crippen LogP contribution in [-0.2, 0) is 4.79 Å². The molecular formula is C12H18O2. The van der Waals surface area contributed by atoms with Crippen LogP contribution < -0.4 is 0 Å². The van der Waals surface area contributed by atoms with Crippen molar-refractivity contribution in [2.24, 2.45) is 0 Å². The first-order valence-electron chi connectivity index (χ1n) is 5.31. The van der Waals surface area contributed by atoms with E-state index >= 15 is 0 Å². The summed E-state index contributed by atoms with van der Waals surface area (Å²) in [7, 11) is 0. The van der Waals surface area contributed by atoms with Crippen molar-refractivity contribution in [2.75, 3.05) is 0 Å². The highest BCUT2D eigenvalue weighted by Gasteiger charge is 2.12. The fraction of sp³-hybridized carbons (Fsp3) is 0.583. The second-order valence-electron chi connectivity index (χ2n) is 3.62. The van der Waals surface area contributed by atoms with E-state index in [2.05, 4.69) is 12.2 Å². The molecule has 0 heterocycles. The van der Waals surface area contributed by atoms with E-state index in [0.29, 0.717) is 12.8 Å². The van der Waals surface area contributed by atoms with Gasteiger partial charge in [-0.2, -0.15) is 0 Å². The van der Waals surface area contributed by atoms with Gasteiger partial charge in [-0.3, -0.25) is 4.79 Å². The molecule has 0 amide bonds. The Morgan fingerprint density at radius 1 is 1.00 bits per heavy atom. The molecule has 2 heteroatoms. The van der Waals surface area contributed by atoms with E-state index in [-0.39, 0.29) is 5.78 Å². The van der Waals surface area contributed by atoms with Gasteiger partial charge in [-0.1, -0.05) is 24.3 Å². The number of rotatable bonds is 0. The summed E-state index contributed by atoms with van der Waals surface area (Å²) in [6.07, 6.45) is 12.2. The third-order valence-electron chi connectivity index (χ3n) is 2.37. The third-order valence-corrected chi connectivity index (χ3v) is 2.37. The molecule has 0 saturated carbocycles. The molecule has 0 saturated heterocycles. The molecule has 0 fully saturated rings. The molecule has 0 aliphatic heterocycles. The summed E-state index contributed by atoms with van der Waals surface area (Å²) in [5.41, 5.74) is 0. The van der Waals surface area contributed by atoms with Gasteiger partial charge in [0.25, 0.3) is 0 Å². The Hall–Kier alpha value is -0.890. The highest BCUT2D eigenvalue weighted by atomic mass is 16.3. The molecule has 1 rings (SSSR count). The second kappa shape index (κ2) is 6.55. The van der Waals surface area contributed by atoms with E-state index in [0.717, 1.165) is 25.7 Å². The van der Waals surface area contributed by atoms with Crippen LogP contribution in [0.15, 0.2) is 24.3 Å². The average molecular weight is 194 g/mol. The van der Waals surface area contributed by atoms with Gasteiger partial charge in [0, 0.05) is 6.42 Å². The van der Waals surface area contributed by atoms with Crippen LogP contribution in [0.2, 0.25) is 0 Å². The molecular weight excluding hydrogens is 176 g/mol. The summed E-state index contributed by atoms with van der Waals surface area (Å²) in [5, 5.41) is 9.45. The largest absolute Gasteiger partial charge is 0.385 e. The molecule has 78 valence electrons. The van der Waals surface area contributed by atoms with Crippen LogP contribution >= 0.6 is 0 Å². The minimum Gasteiger partial charge on any atom is -0.385 e. The minimum atomic E-state index is -0.757. The van der Waals surface area contributed by atoms with Gasteiger partial charge >= 0.3 is 0 Å². The Labute approximate surface area is 85.3 Å². The van der Waals surface area contributed by atoms with Gasteiger partial charge in [-0.05, 0) is 32.1 Å². The molecule has 1 unspecified atom stereocenters. The fourth-order valence-electron chi connectivity index (χ4n) is 1.47. The molecule has 1 aliphatic carbocycles. The number of aliphatic hydroxyl groups excluding tert-OH is 1. The third kappa shape index (κ3) is 4.38. The first-order chi connectivity index (χ1) is 6.80. The van der Waals surface area contributed by atoms with Gasteiger partial charge in [0.05, 0.1) is 0 Å². The van der Waals surface area contributed by atoms with E-state index in [9.17, 15) is 9.90 Å². The van der Waals surface area contributed by atoms with Crippen molar-refractivity contribution >= 4 is 5.78 Å². The van der Waals surface area contributed by atoms with Gasteiger partial charge in [0.1, 0.15) is 6.10 Å². The summed E-state index contributed by atoms with van der Waals surface area (Å²) in [6.45, 7) is 0. The zero-order chi connectivity index (χ0) is 10.2. The van der Waals surface area contributed by atoms with E-state index in [4.69, 9.17) is 0 Å². The maximum atomic E-state index is 11.3. The molecule has 1 aliphatic rings. The van der Waals surface area contributed by atoms with E-state index < -0.39 is 6.10 Å². The summed E-state index contributed by atoms with van der Waals surface area (Å²) in [4.78, 5) is 11.3. The van der Waals surface area contributed by atoms with Crippen LogP contribution in [0.5, 0.6) is 0 Å². The number of hydrogen-bond acceptors (Lipinski definition) is 2. The second-order valence-corrected chi connectivity index (χ2v) is 3.62. The summed E-state index contributed by atoms with van der Waals surface area (Å²) in [6, 6.07) is 0. The zero-order valence-corrected chi connectivity index (χ0v) is 8.48. The fourth-order valence-corrected chi connectivity index (χ4v) is 1.47. The molecule has 2 nitrogen and oxygen atoms in total. The molecule has 0 bridgehead atoms. The lowest BCUT2D eigenvalue weighted by Gasteiger charge is -2.07. The summed E-state index contributed by atoms with van der Waals surface area (Å²) < 4.78 is 0. The van der Waals surface area contributed by atoms with Gasteiger partial charge in [-0.15, -0.1) is 0 Å². The average Bonchev–Trinajstić information content (AvgIpc) is 2.18. The Kier molecular flexibility index (Phi) is 5.23. The Bertz CT molecular complexity index is 228. The normalized spacial score (nSPS) is 30.1. The molecule has 1 atom stereocenters. The van der Waals surface area contributed by atoms with Crippen molar-refractivity contribution < 1.29 is 9.90 Å². The van der Waals surface area contributed by atoms with Crippen LogP contribution in [0.4, 0.5) is 0 Å². The predicted octanol–water partition coefficient (Wildman–Crippen LogP) is 2.38. The molecule has 0 aromatic rings. The Balaban J connectivity index is 2.45. The van der Waals surface area contributed by atoms with Crippen LogP contribution in [0.1, 0.15) is 38.5 Å². The molecule has 1 N–H and O–H groups in total. The highest BCUT2D eigenvalue weighted by molar-refractivity contribution is 5.82. The van der Waals surface area contributed by atoms with Crippen LogP contribution in [0.3, 0.4) is 0 Å². The first-order valence-corrected chi connectivity index (χ1v) is 5.31. The van der Waals surface area contributed by atoms with E-state index in [1.54, 1.807) is 0 Å². The number of allylic oxidation sites excluding steroid dienone is 4. The minimum absolute atomic E-state index is 0.0244. The molecule has 0 spiro atoms. The van der Waals surface area contributed by atoms with Crippen molar-refractivity contribution in [3.63, 3.8) is 0 Å². The molecule has 0 aromatic heterocycles. The van der Waals surface area contributed by atoms with Crippen LogP contribution in [0, 0.1) is 0 Å². The van der Waals surface area contributed by atoms with Crippen molar-refractivity contribution in [2.45, 2.75) is 44.6 Å². The van der Waals surface area contributed by atoms with Gasteiger partial charge in [0.2, 0.25) is 0 Å². The smallest absolute Gasteiger partial charge is 0.161 e. The van der Waals surface area contributed by atoms with Gasteiger partial charge < -0.3 is 5.11 Å². The van der Waals surface area contributed by atoms with Crippen LogP contribution in [-0.4, -0.2) is 17.0 Å². The Morgan fingerprint density at radius 2 is 1.57 bits per heavy atom. The monoisotopic (exact) mass is 194 g/mol. The summed E-state index contributed by atoms with van der Waals surface area (Å²) in [5.74, 6) is -0.0244. The maximum absolute atomic E-state index is 11.3. The number of carbonyl (C=O) groups is 1. The number of ketones is 1. The van der Waals surface area contributed by atoms with Crippen molar-refractivity contribution in [3.05, 3.63) is 24.3 Å². The van der Waals surface area contributed by atoms with Crippen molar-refractivity contribution in [1.29, 1.82) is 0 Å². The van der Waals surface area contributed by atoms with E-state index in [1.807, 2.05) is 12.2 Å². The predicted molar refractivity (Wildman–Crippen MR) is 57.0 cm³/mol. The van der Waals surface area contributed by atoms with Gasteiger partial charge in [-0.25, -0.2) is 0 Å². The van der Waals surface area contributed by atoms with Crippen molar-refractivity contribution in [3.8, 4) is 0 Å². The molecule has 0 radical (unpaired) electrons. The Morgan fingerprint density at radius 3 is 2.29 bits per heavy atom. The lowest BCUT2D eigenvalue weighted by atomic mass is 10.0.